The zero-order valence-corrected chi connectivity index (χ0v) is 17.8. The number of methoxy groups -OCH3 is 1. The lowest BCUT2D eigenvalue weighted by Gasteiger charge is -2.04. The summed E-state index contributed by atoms with van der Waals surface area (Å²) >= 11 is 1.62. The van der Waals surface area contributed by atoms with Gasteiger partial charge in [-0.2, -0.15) is 0 Å². The number of hydrogen-bond donors (Lipinski definition) is 1. The molecule has 0 aliphatic carbocycles. The Hall–Kier alpha value is -3.91. The predicted molar refractivity (Wildman–Crippen MR) is 124 cm³/mol. The van der Waals surface area contributed by atoms with Crippen molar-refractivity contribution in [3.05, 3.63) is 82.0 Å². The van der Waals surface area contributed by atoms with Crippen LogP contribution in [0.15, 0.2) is 70.5 Å². The van der Waals surface area contributed by atoms with Gasteiger partial charge in [-0.05, 0) is 48.6 Å². The van der Waals surface area contributed by atoms with E-state index >= 15 is 0 Å². The molecule has 1 aromatic heterocycles. The Morgan fingerprint density at radius 2 is 1.84 bits per heavy atom. The second-order valence-corrected chi connectivity index (χ2v) is 8.13. The highest BCUT2D eigenvalue weighted by Gasteiger charge is 2.22. The SMILES string of the molecule is COc1ccc2[nH]c(/C=C/c3cc4c(cc3[N+](=O)[O-])OCO4)c(Sc3ccccc3)c2c1. The third kappa shape index (κ3) is 3.76. The fourth-order valence-electron chi connectivity index (χ4n) is 3.54. The Kier molecular flexibility index (Phi) is 5.20. The minimum absolute atomic E-state index is 0.0412. The van der Waals surface area contributed by atoms with Gasteiger partial charge in [0, 0.05) is 20.7 Å². The highest BCUT2D eigenvalue weighted by Crippen LogP contribution is 2.41. The molecular formula is C24H18N2O5S. The van der Waals surface area contributed by atoms with E-state index in [1.54, 1.807) is 31.0 Å². The van der Waals surface area contributed by atoms with Crippen LogP contribution < -0.4 is 14.2 Å². The van der Waals surface area contributed by atoms with E-state index in [4.69, 9.17) is 14.2 Å². The zero-order chi connectivity index (χ0) is 22.1. The smallest absolute Gasteiger partial charge is 0.280 e. The maximum absolute atomic E-state index is 11.6. The Morgan fingerprint density at radius 1 is 1.06 bits per heavy atom. The molecule has 0 amide bonds. The van der Waals surface area contributed by atoms with Gasteiger partial charge in [0.2, 0.25) is 6.79 Å². The predicted octanol–water partition coefficient (Wildman–Crippen LogP) is 6.14. The standard InChI is InChI=1S/C24H18N2O5S/c1-29-16-8-10-19-18(12-16)24(32-17-5-3-2-4-6-17)20(25-19)9-7-15-11-22-23(31-14-30-22)13-21(15)26(27)28/h2-13,25H,14H2,1H3/b9-7+. The van der Waals surface area contributed by atoms with Crippen LogP contribution in [-0.2, 0) is 0 Å². The lowest BCUT2D eigenvalue weighted by molar-refractivity contribution is -0.385. The van der Waals surface area contributed by atoms with Gasteiger partial charge in [-0.3, -0.25) is 10.1 Å². The minimum atomic E-state index is -0.419. The van der Waals surface area contributed by atoms with E-state index < -0.39 is 4.92 Å². The van der Waals surface area contributed by atoms with Gasteiger partial charge in [-0.25, -0.2) is 0 Å². The molecule has 0 saturated carbocycles. The molecule has 0 atom stereocenters. The number of benzene rings is 3. The number of H-pyrrole nitrogens is 1. The van der Waals surface area contributed by atoms with E-state index in [0.29, 0.717) is 17.1 Å². The van der Waals surface area contributed by atoms with Crippen LogP contribution in [0.3, 0.4) is 0 Å². The van der Waals surface area contributed by atoms with Gasteiger partial charge in [-0.1, -0.05) is 30.0 Å². The third-order valence-electron chi connectivity index (χ3n) is 5.10. The number of hydrogen-bond acceptors (Lipinski definition) is 6. The molecule has 5 rings (SSSR count). The van der Waals surface area contributed by atoms with E-state index in [2.05, 4.69) is 4.98 Å². The topological polar surface area (TPSA) is 86.6 Å². The Labute approximate surface area is 187 Å². The fraction of sp³-hybridized carbons (Fsp3) is 0.0833. The highest BCUT2D eigenvalue weighted by atomic mass is 32.2. The molecule has 2 heterocycles. The molecule has 0 saturated heterocycles. The van der Waals surface area contributed by atoms with Crippen LogP contribution in [0, 0.1) is 10.1 Å². The average molecular weight is 446 g/mol. The van der Waals surface area contributed by atoms with Crippen molar-refractivity contribution in [1.82, 2.24) is 4.98 Å². The van der Waals surface area contributed by atoms with Gasteiger partial charge in [0.15, 0.2) is 11.5 Å². The van der Waals surface area contributed by atoms with Crippen molar-refractivity contribution in [2.75, 3.05) is 13.9 Å². The van der Waals surface area contributed by atoms with E-state index in [0.717, 1.165) is 32.1 Å². The van der Waals surface area contributed by atoms with Crippen molar-refractivity contribution in [1.29, 1.82) is 0 Å². The van der Waals surface area contributed by atoms with Gasteiger partial charge in [0.1, 0.15) is 5.75 Å². The summed E-state index contributed by atoms with van der Waals surface area (Å²) in [4.78, 5) is 16.7. The molecule has 1 aliphatic rings. The Morgan fingerprint density at radius 3 is 2.59 bits per heavy atom. The van der Waals surface area contributed by atoms with Gasteiger partial charge >= 0.3 is 0 Å². The van der Waals surface area contributed by atoms with Gasteiger partial charge < -0.3 is 19.2 Å². The van der Waals surface area contributed by atoms with Crippen LogP contribution in [-0.4, -0.2) is 23.8 Å². The number of aromatic amines is 1. The number of ether oxygens (including phenoxy) is 3. The largest absolute Gasteiger partial charge is 0.497 e. The summed E-state index contributed by atoms with van der Waals surface area (Å²) in [6, 6.07) is 18.9. The van der Waals surface area contributed by atoms with Gasteiger partial charge in [-0.15, -0.1) is 0 Å². The van der Waals surface area contributed by atoms with E-state index in [1.165, 1.54) is 6.07 Å². The molecule has 4 aromatic rings. The third-order valence-corrected chi connectivity index (χ3v) is 6.25. The molecule has 1 N–H and O–H groups in total. The molecule has 0 spiro atoms. The molecule has 3 aromatic carbocycles. The number of rotatable bonds is 6. The van der Waals surface area contributed by atoms with E-state index in [9.17, 15) is 10.1 Å². The van der Waals surface area contributed by atoms with Gasteiger partial charge in [0.05, 0.1) is 29.4 Å². The first kappa shape index (κ1) is 20.0. The van der Waals surface area contributed by atoms with Crippen molar-refractivity contribution in [3.63, 3.8) is 0 Å². The highest BCUT2D eigenvalue weighted by molar-refractivity contribution is 7.99. The maximum atomic E-state index is 11.6. The van der Waals surface area contributed by atoms with E-state index in [-0.39, 0.29) is 12.5 Å². The molecule has 160 valence electrons. The first-order chi connectivity index (χ1) is 15.6. The first-order valence-electron chi connectivity index (χ1n) is 9.81. The molecule has 0 radical (unpaired) electrons. The molecule has 7 nitrogen and oxygen atoms in total. The second-order valence-electron chi connectivity index (χ2n) is 7.05. The number of fused-ring (bicyclic) bond motifs is 2. The summed E-state index contributed by atoms with van der Waals surface area (Å²) in [7, 11) is 1.64. The maximum Gasteiger partial charge on any atom is 0.280 e. The summed E-state index contributed by atoms with van der Waals surface area (Å²) < 4.78 is 16.1. The molecule has 0 bridgehead atoms. The second kappa shape index (κ2) is 8.32. The molecular weight excluding hydrogens is 428 g/mol. The number of nitro benzene ring substituents is 1. The molecule has 8 heteroatoms. The van der Waals surface area contributed by atoms with Crippen molar-refractivity contribution < 1.29 is 19.1 Å². The summed E-state index contributed by atoms with van der Waals surface area (Å²) in [5.41, 5.74) is 2.19. The molecule has 32 heavy (non-hydrogen) atoms. The number of aromatic nitrogens is 1. The minimum Gasteiger partial charge on any atom is -0.497 e. The monoisotopic (exact) mass is 446 g/mol. The summed E-state index contributed by atoms with van der Waals surface area (Å²) in [5.74, 6) is 1.63. The number of nitrogens with zero attached hydrogens (tertiary/aromatic N) is 1. The lowest BCUT2D eigenvalue weighted by Crippen LogP contribution is -1.93. The Bertz CT molecular complexity index is 1350. The van der Waals surface area contributed by atoms with Crippen LogP contribution in [0.2, 0.25) is 0 Å². The summed E-state index contributed by atoms with van der Waals surface area (Å²) in [6.07, 6.45) is 3.57. The molecule has 1 aliphatic heterocycles. The Balaban J connectivity index is 1.60. The number of nitrogens with one attached hydrogen (secondary N) is 1. The van der Waals surface area contributed by atoms with Crippen molar-refractivity contribution >= 4 is 40.5 Å². The summed E-state index contributed by atoms with van der Waals surface area (Å²) in [6.45, 7) is 0.0569. The van der Waals surface area contributed by atoms with Crippen molar-refractivity contribution in [2.24, 2.45) is 0 Å². The molecule has 0 unspecified atom stereocenters. The average Bonchev–Trinajstić information content (AvgIpc) is 3.41. The zero-order valence-electron chi connectivity index (χ0n) is 17.0. The first-order valence-corrected chi connectivity index (χ1v) is 10.6. The van der Waals surface area contributed by atoms with Crippen LogP contribution in [0.25, 0.3) is 23.1 Å². The van der Waals surface area contributed by atoms with Gasteiger partial charge in [0.25, 0.3) is 5.69 Å². The van der Waals surface area contributed by atoms with Crippen molar-refractivity contribution in [3.8, 4) is 17.2 Å². The van der Waals surface area contributed by atoms with Crippen LogP contribution in [0.5, 0.6) is 17.2 Å². The lowest BCUT2D eigenvalue weighted by atomic mass is 10.1. The van der Waals surface area contributed by atoms with Crippen LogP contribution in [0.1, 0.15) is 11.3 Å². The summed E-state index contributed by atoms with van der Waals surface area (Å²) in [5, 5.41) is 12.6. The van der Waals surface area contributed by atoms with Crippen LogP contribution in [0.4, 0.5) is 5.69 Å². The molecule has 0 fully saturated rings. The fourth-order valence-corrected chi connectivity index (χ4v) is 4.58. The normalized spacial score (nSPS) is 12.5. The number of nitro groups is 1. The van der Waals surface area contributed by atoms with E-state index in [1.807, 2.05) is 54.6 Å². The quantitative estimate of drug-likeness (QED) is 0.283. The van der Waals surface area contributed by atoms with Crippen LogP contribution >= 0.6 is 11.8 Å². The van der Waals surface area contributed by atoms with Crippen molar-refractivity contribution in [2.45, 2.75) is 9.79 Å².